The fourth-order valence-corrected chi connectivity index (χ4v) is 2.09. The summed E-state index contributed by atoms with van der Waals surface area (Å²) >= 11 is 0. The Bertz CT molecular complexity index is 355. The lowest BCUT2D eigenvalue weighted by molar-refractivity contribution is 0.261. The molecule has 104 valence electrons. The molecule has 0 aliphatic carbocycles. The van der Waals surface area contributed by atoms with Gasteiger partial charge in [0.15, 0.2) is 0 Å². The smallest absolute Gasteiger partial charge is 0.120 e. The van der Waals surface area contributed by atoms with E-state index in [2.05, 4.69) is 57.9 Å². The maximum absolute atomic E-state index is 5.91. The molecule has 0 bridgehead atoms. The van der Waals surface area contributed by atoms with E-state index in [1.54, 1.807) is 0 Å². The zero-order valence-electron chi connectivity index (χ0n) is 12.7. The first-order chi connectivity index (χ1) is 8.38. The topological polar surface area (TPSA) is 28.4 Å². The molecular formula is C15H28N2O. The Labute approximate surface area is 112 Å². The van der Waals surface area contributed by atoms with Crippen molar-refractivity contribution in [3.63, 3.8) is 0 Å². The Hall–Kier alpha value is -0.800. The first-order valence-corrected chi connectivity index (χ1v) is 6.88. The molecule has 18 heavy (non-hydrogen) atoms. The van der Waals surface area contributed by atoms with E-state index in [0.717, 1.165) is 31.2 Å². The van der Waals surface area contributed by atoms with Gasteiger partial charge < -0.3 is 9.73 Å². The molecule has 0 unspecified atom stereocenters. The molecule has 3 nitrogen and oxygen atoms in total. The number of furan rings is 1. The highest BCUT2D eigenvalue weighted by atomic mass is 16.3. The van der Waals surface area contributed by atoms with Crippen LogP contribution in [-0.4, -0.2) is 24.5 Å². The van der Waals surface area contributed by atoms with Gasteiger partial charge in [0, 0.05) is 12.6 Å². The molecule has 0 atom stereocenters. The van der Waals surface area contributed by atoms with Gasteiger partial charge in [-0.25, -0.2) is 0 Å². The molecule has 0 amide bonds. The van der Waals surface area contributed by atoms with Gasteiger partial charge in [-0.3, -0.25) is 4.90 Å². The minimum atomic E-state index is 0.488. The van der Waals surface area contributed by atoms with Gasteiger partial charge in [-0.15, -0.1) is 0 Å². The summed E-state index contributed by atoms with van der Waals surface area (Å²) in [6, 6.07) is 2.65. The standard InChI is InChI=1S/C15H28N2O/c1-11(2)9-17(6)10-14-7-13(5)15(18-14)8-16-12(3)4/h7,11-12,16H,8-10H2,1-6H3. The maximum atomic E-state index is 5.91. The van der Waals surface area contributed by atoms with Crippen LogP contribution in [0.3, 0.4) is 0 Å². The summed E-state index contributed by atoms with van der Waals surface area (Å²) in [4.78, 5) is 2.31. The molecule has 3 heteroatoms. The minimum Gasteiger partial charge on any atom is -0.463 e. The first kappa shape index (κ1) is 15.3. The highest BCUT2D eigenvalue weighted by molar-refractivity contribution is 5.20. The van der Waals surface area contributed by atoms with Gasteiger partial charge in [0.05, 0.1) is 13.1 Å². The summed E-state index contributed by atoms with van der Waals surface area (Å²) < 4.78 is 5.91. The molecule has 1 aromatic heterocycles. The SMILES string of the molecule is Cc1cc(CN(C)CC(C)C)oc1CNC(C)C. The van der Waals surface area contributed by atoms with E-state index in [-0.39, 0.29) is 0 Å². The molecule has 1 N–H and O–H groups in total. The van der Waals surface area contributed by atoms with Crippen molar-refractivity contribution in [2.24, 2.45) is 5.92 Å². The molecule has 0 aliphatic rings. The molecule has 1 heterocycles. The molecule has 1 aromatic rings. The quantitative estimate of drug-likeness (QED) is 0.808. The zero-order valence-corrected chi connectivity index (χ0v) is 12.7. The van der Waals surface area contributed by atoms with Crippen molar-refractivity contribution in [1.82, 2.24) is 10.2 Å². The fourth-order valence-electron chi connectivity index (χ4n) is 2.09. The van der Waals surface area contributed by atoms with Gasteiger partial charge in [-0.05, 0) is 31.5 Å². The normalized spacial score (nSPS) is 12.1. The van der Waals surface area contributed by atoms with E-state index in [0.29, 0.717) is 12.0 Å². The second-order valence-corrected chi connectivity index (χ2v) is 5.95. The molecule has 1 rings (SSSR count). The molecule has 0 radical (unpaired) electrons. The summed E-state index contributed by atoms with van der Waals surface area (Å²) in [6.07, 6.45) is 0. The van der Waals surface area contributed by atoms with Crippen LogP contribution in [0.4, 0.5) is 0 Å². The van der Waals surface area contributed by atoms with E-state index in [1.165, 1.54) is 5.56 Å². The monoisotopic (exact) mass is 252 g/mol. The minimum absolute atomic E-state index is 0.488. The third-order valence-electron chi connectivity index (χ3n) is 2.85. The number of nitrogens with zero attached hydrogens (tertiary/aromatic N) is 1. The lowest BCUT2D eigenvalue weighted by Crippen LogP contribution is -2.22. The summed E-state index contributed by atoms with van der Waals surface area (Å²) in [6.45, 7) is 13.7. The van der Waals surface area contributed by atoms with Crippen molar-refractivity contribution in [1.29, 1.82) is 0 Å². The molecular weight excluding hydrogens is 224 g/mol. The zero-order chi connectivity index (χ0) is 13.7. The van der Waals surface area contributed by atoms with Crippen molar-refractivity contribution in [3.8, 4) is 0 Å². The highest BCUT2D eigenvalue weighted by Crippen LogP contribution is 2.16. The second-order valence-electron chi connectivity index (χ2n) is 5.95. The largest absolute Gasteiger partial charge is 0.463 e. The predicted octanol–water partition coefficient (Wildman–Crippen LogP) is 3.17. The van der Waals surface area contributed by atoms with Gasteiger partial charge >= 0.3 is 0 Å². The van der Waals surface area contributed by atoms with E-state index in [1.807, 2.05) is 0 Å². The van der Waals surface area contributed by atoms with Crippen molar-refractivity contribution < 1.29 is 4.42 Å². The number of nitrogens with one attached hydrogen (secondary N) is 1. The lowest BCUT2D eigenvalue weighted by atomic mass is 10.2. The summed E-state index contributed by atoms with van der Waals surface area (Å²) in [5, 5.41) is 3.39. The second kappa shape index (κ2) is 6.95. The van der Waals surface area contributed by atoms with E-state index >= 15 is 0 Å². The van der Waals surface area contributed by atoms with Crippen LogP contribution in [0.2, 0.25) is 0 Å². The fraction of sp³-hybridized carbons (Fsp3) is 0.733. The number of rotatable bonds is 7. The van der Waals surface area contributed by atoms with Crippen LogP contribution < -0.4 is 5.32 Å². The van der Waals surface area contributed by atoms with Crippen molar-refractivity contribution in [2.75, 3.05) is 13.6 Å². The van der Waals surface area contributed by atoms with E-state index in [4.69, 9.17) is 4.42 Å². The van der Waals surface area contributed by atoms with Gasteiger partial charge in [0.25, 0.3) is 0 Å². The van der Waals surface area contributed by atoms with Crippen LogP contribution in [0.25, 0.3) is 0 Å². The first-order valence-electron chi connectivity index (χ1n) is 6.88. The maximum Gasteiger partial charge on any atom is 0.120 e. The Morgan fingerprint density at radius 1 is 1.28 bits per heavy atom. The highest BCUT2D eigenvalue weighted by Gasteiger charge is 2.10. The van der Waals surface area contributed by atoms with Crippen molar-refractivity contribution >= 4 is 0 Å². The van der Waals surface area contributed by atoms with Gasteiger partial charge in [0.1, 0.15) is 11.5 Å². The average Bonchev–Trinajstić information content (AvgIpc) is 2.54. The lowest BCUT2D eigenvalue weighted by Gasteiger charge is -2.17. The van der Waals surface area contributed by atoms with E-state index in [9.17, 15) is 0 Å². The van der Waals surface area contributed by atoms with Crippen LogP contribution in [0.5, 0.6) is 0 Å². The van der Waals surface area contributed by atoms with Gasteiger partial charge in [0.2, 0.25) is 0 Å². The van der Waals surface area contributed by atoms with Crippen LogP contribution in [0.15, 0.2) is 10.5 Å². The summed E-state index contributed by atoms with van der Waals surface area (Å²) in [5.74, 6) is 2.82. The molecule has 0 saturated carbocycles. The predicted molar refractivity (Wildman–Crippen MR) is 76.6 cm³/mol. The third kappa shape index (κ3) is 5.23. The van der Waals surface area contributed by atoms with Gasteiger partial charge in [-0.2, -0.15) is 0 Å². The van der Waals surface area contributed by atoms with Crippen molar-refractivity contribution in [3.05, 3.63) is 23.2 Å². The Kier molecular flexibility index (Phi) is 5.89. The molecule has 0 spiro atoms. The number of aryl methyl sites for hydroxylation is 1. The Morgan fingerprint density at radius 3 is 2.50 bits per heavy atom. The molecule has 0 aliphatic heterocycles. The Balaban J connectivity index is 2.55. The number of hydrogen-bond donors (Lipinski definition) is 1. The Morgan fingerprint density at radius 2 is 1.94 bits per heavy atom. The van der Waals surface area contributed by atoms with E-state index < -0.39 is 0 Å². The molecule has 0 aromatic carbocycles. The summed E-state index contributed by atoms with van der Waals surface area (Å²) in [5.41, 5.74) is 1.25. The average molecular weight is 252 g/mol. The third-order valence-corrected chi connectivity index (χ3v) is 2.85. The van der Waals surface area contributed by atoms with Crippen molar-refractivity contribution in [2.45, 2.75) is 53.8 Å². The van der Waals surface area contributed by atoms with Crippen LogP contribution in [0.1, 0.15) is 44.8 Å². The van der Waals surface area contributed by atoms with Crippen LogP contribution >= 0.6 is 0 Å². The summed E-state index contributed by atoms with van der Waals surface area (Å²) in [7, 11) is 2.14. The molecule has 0 saturated heterocycles. The van der Waals surface area contributed by atoms with Gasteiger partial charge in [-0.1, -0.05) is 27.7 Å². The van der Waals surface area contributed by atoms with Crippen LogP contribution in [0, 0.1) is 12.8 Å². The number of hydrogen-bond acceptors (Lipinski definition) is 3. The van der Waals surface area contributed by atoms with Crippen LogP contribution in [-0.2, 0) is 13.1 Å². The molecule has 0 fully saturated rings.